The number of amides is 1. The Balaban J connectivity index is 1.88. The lowest BCUT2D eigenvalue weighted by atomic mass is 10.1. The molecule has 0 aliphatic heterocycles. The molecule has 0 radical (unpaired) electrons. The van der Waals surface area contributed by atoms with Crippen molar-refractivity contribution in [3.63, 3.8) is 0 Å². The van der Waals surface area contributed by atoms with Crippen LogP contribution in [0.25, 0.3) is 0 Å². The van der Waals surface area contributed by atoms with Gasteiger partial charge < -0.3 is 15.0 Å². The molecule has 5 heteroatoms. The zero-order valence-corrected chi connectivity index (χ0v) is 15.5. The van der Waals surface area contributed by atoms with Gasteiger partial charge in [0.2, 0.25) is 5.91 Å². The molecule has 140 valence electrons. The van der Waals surface area contributed by atoms with E-state index in [-0.39, 0.29) is 18.1 Å². The second-order valence-electron chi connectivity index (χ2n) is 6.01. The number of likely N-dealkylation sites (N-methyl/N-ethyl adjacent to an activating group) is 1. The molecule has 0 spiro atoms. The van der Waals surface area contributed by atoms with E-state index in [0.29, 0.717) is 30.0 Å². The Morgan fingerprint density at radius 2 is 1.77 bits per heavy atom. The molecule has 0 atom stereocenters. The van der Waals surface area contributed by atoms with Gasteiger partial charge >= 0.3 is 0 Å². The number of carbonyl (C=O) groups is 1. The molecule has 4 nitrogen and oxygen atoms in total. The molecular weight excluding hydrogens is 331 g/mol. The molecule has 2 rings (SSSR count). The Labute approximate surface area is 155 Å². The number of nitrogens with zero attached hydrogens (tertiary/aromatic N) is 1. The minimum atomic E-state index is -0.277. The number of halogens is 1. The second-order valence-corrected chi connectivity index (χ2v) is 6.01. The monoisotopic (exact) mass is 358 g/mol. The molecule has 2 aromatic carbocycles. The van der Waals surface area contributed by atoms with Crippen LogP contribution in [-0.2, 0) is 11.2 Å². The van der Waals surface area contributed by atoms with Gasteiger partial charge in [0, 0.05) is 13.0 Å². The lowest BCUT2D eigenvalue weighted by Crippen LogP contribution is -2.28. The van der Waals surface area contributed by atoms with E-state index in [1.54, 1.807) is 18.2 Å². The lowest BCUT2D eigenvalue weighted by molar-refractivity contribution is -0.116. The van der Waals surface area contributed by atoms with Crippen LogP contribution >= 0.6 is 0 Å². The fraction of sp³-hybridized carbons (Fsp3) is 0.381. The summed E-state index contributed by atoms with van der Waals surface area (Å²) >= 11 is 0. The molecule has 0 saturated heterocycles. The number of hydrogen-bond acceptors (Lipinski definition) is 3. The van der Waals surface area contributed by atoms with Crippen molar-refractivity contribution in [3.05, 3.63) is 59.9 Å². The van der Waals surface area contributed by atoms with Crippen LogP contribution in [0.3, 0.4) is 0 Å². The zero-order chi connectivity index (χ0) is 18.8. The molecule has 2 aromatic rings. The molecule has 0 heterocycles. The maximum atomic E-state index is 13.6. The average Bonchev–Trinajstić information content (AvgIpc) is 2.66. The molecule has 0 saturated carbocycles. The predicted molar refractivity (Wildman–Crippen MR) is 103 cm³/mol. The SMILES string of the molecule is CCN(CC)CCOc1ccccc1NC(=O)CCc1ccccc1F. The fourth-order valence-corrected chi connectivity index (χ4v) is 2.68. The molecule has 0 aliphatic rings. The normalized spacial score (nSPS) is 10.8. The van der Waals surface area contributed by atoms with Crippen molar-refractivity contribution in [3.8, 4) is 5.75 Å². The maximum absolute atomic E-state index is 13.6. The van der Waals surface area contributed by atoms with Gasteiger partial charge in [0.1, 0.15) is 18.2 Å². The van der Waals surface area contributed by atoms with Gasteiger partial charge in [0.05, 0.1) is 5.69 Å². The molecule has 1 N–H and O–H groups in total. The predicted octanol–water partition coefficient (Wildman–Crippen LogP) is 4.12. The van der Waals surface area contributed by atoms with Crippen LogP contribution in [0.1, 0.15) is 25.8 Å². The highest BCUT2D eigenvalue weighted by atomic mass is 19.1. The molecule has 0 aromatic heterocycles. The highest BCUT2D eigenvalue weighted by Crippen LogP contribution is 2.24. The van der Waals surface area contributed by atoms with E-state index in [0.717, 1.165) is 19.6 Å². The van der Waals surface area contributed by atoms with Crippen LogP contribution in [-0.4, -0.2) is 37.0 Å². The number of para-hydroxylation sites is 2. The number of aryl methyl sites for hydroxylation is 1. The van der Waals surface area contributed by atoms with Crippen molar-refractivity contribution < 1.29 is 13.9 Å². The summed E-state index contributed by atoms with van der Waals surface area (Å²) in [6.45, 7) is 7.59. The van der Waals surface area contributed by atoms with Crippen molar-refractivity contribution in [2.75, 3.05) is 31.6 Å². The van der Waals surface area contributed by atoms with Crippen molar-refractivity contribution in [1.29, 1.82) is 0 Å². The van der Waals surface area contributed by atoms with Gasteiger partial charge in [-0.15, -0.1) is 0 Å². The Morgan fingerprint density at radius 3 is 2.50 bits per heavy atom. The Morgan fingerprint density at radius 1 is 1.08 bits per heavy atom. The smallest absolute Gasteiger partial charge is 0.224 e. The molecule has 0 fully saturated rings. The summed E-state index contributed by atoms with van der Waals surface area (Å²) in [5, 5.41) is 2.87. The van der Waals surface area contributed by atoms with Gasteiger partial charge in [-0.2, -0.15) is 0 Å². The van der Waals surface area contributed by atoms with Crippen molar-refractivity contribution in [2.24, 2.45) is 0 Å². The maximum Gasteiger partial charge on any atom is 0.224 e. The van der Waals surface area contributed by atoms with Crippen molar-refractivity contribution in [1.82, 2.24) is 4.90 Å². The number of anilines is 1. The van der Waals surface area contributed by atoms with Gasteiger partial charge in [-0.1, -0.05) is 44.2 Å². The highest BCUT2D eigenvalue weighted by Gasteiger charge is 2.10. The first kappa shape index (κ1) is 19.9. The van der Waals surface area contributed by atoms with Crippen LogP contribution in [0, 0.1) is 5.82 Å². The van der Waals surface area contributed by atoms with Gasteiger partial charge in [-0.05, 0) is 43.3 Å². The van der Waals surface area contributed by atoms with Crippen LogP contribution in [0.2, 0.25) is 0 Å². The van der Waals surface area contributed by atoms with E-state index >= 15 is 0 Å². The number of nitrogens with one attached hydrogen (secondary N) is 1. The third-order valence-corrected chi connectivity index (χ3v) is 4.30. The number of ether oxygens (including phenoxy) is 1. The summed E-state index contributed by atoms with van der Waals surface area (Å²) in [5.74, 6) is 0.215. The number of rotatable bonds is 10. The molecule has 0 aliphatic carbocycles. The average molecular weight is 358 g/mol. The summed E-state index contributed by atoms with van der Waals surface area (Å²) in [6, 6.07) is 13.9. The molecule has 26 heavy (non-hydrogen) atoms. The summed E-state index contributed by atoms with van der Waals surface area (Å²) in [7, 11) is 0. The Kier molecular flexibility index (Phi) is 8.09. The summed E-state index contributed by atoms with van der Waals surface area (Å²) in [4.78, 5) is 14.5. The van der Waals surface area contributed by atoms with Gasteiger partial charge in [0.15, 0.2) is 0 Å². The number of hydrogen-bond donors (Lipinski definition) is 1. The lowest BCUT2D eigenvalue weighted by Gasteiger charge is -2.19. The van der Waals surface area contributed by atoms with Gasteiger partial charge in [0.25, 0.3) is 0 Å². The number of carbonyl (C=O) groups excluding carboxylic acids is 1. The summed E-state index contributed by atoms with van der Waals surface area (Å²) < 4.78 is 19.5. The standard InChI is InChI=1S/C21H27FN2O2/c1-3-24(4-2)15-16-26-20-12-8-7-11-19(20)23-21(25)14-13-17-9-5-6-10-18(17)22/h5-12H,3-4,13-16H2,1-2H3,(H,23,25). The topological polar surface area (TPSA) is 41.6 Å². The van der Waals surface area contributed by atoms with Crippen LogP contribution < -0.4 is 10.1 Å². The molecule has 0 bridgehead atoms. The van der Waals surface area contributed by atoms with Gasteiger partial charge in [-0.3, -0.25) is 4.79 Å². The Bertz CT molecular complexity index is 702. The largest absolute Gasteiger partial charge is 0.490 e. The van der Waals surface area contributed by atoms with E-state index < -0.39 is 0 Å². The van der Waals surface area contributed by atoms with Crippen LogP contribution in [0.4, 0.5) is 10.1 Å². The van der Waals surface area contributed by atoms with Crippen LogP contribution in [0.15, 0.2) is 48.5 Å². The van der Waals surface area contributed by atoms with Gasteiger partial charge in [-0.25, -0.2) is 4.39 Å². The molecule has 1 amide bonds. The minimum Gasteiger partial charge on any atom is -0.490 e. The van der Waals surface area contributed by atoms with Crippen molar-refractivity contribution in [2.45, 2.75) is 26.7 Å². The van der Waals surface area contributed by atoms with E-state index in [1.807, 2.05) is 24.3 Å². The van der Waals surface area contributed by atoms with E-state index in [1.165, 1.54) is 6.07 Å². The second kappa shape index (κ2) is 10.6. The van der Waals surface area contributed by atoms with Crippen LogP contribution in [0.5, 0.6) is 5.75 Å². The van der Waals surface area contributed by atoms with E-state index in [2.05, 4.69) is 24.1 Å². The first-order valence-electron chi connectivity index (χ1n) is 9.11. The van der Waals surface area contributed by atoms with E-state index in [9.17, 15) is 9.18 Å². The first-order chi connectivity index (χ1) is 12.6. The zero-order valence-electron chi connectivity index (χ0n) is 15.5. The number of benzene rings is 2. The molecular formula is C21H27FN2O2. The fourth-order valence-electron chi connectivity index (χ4n) is 2.68. The quantitative estimate of drug-likeness (QED) is 0.695. The first-order valence-corrected chi connectivity index (χ1v) is 9.11. The third-order valence-electron chi connectivity index (χ3n) is 4.30. The molecule has 0 unspecified atom stereocenters. The third kappa shape index (κ3) is 6.15. The van der Waals surface area contributed by atoms with E-state index in [4.69, 9.17) is 4.74 Å². The Hall–Kier alpha value is -2.40. The summed E-state index contributed by atoms with van der Waals surface area (Å²) in [5.41, 5.74) is 1.19. The minimum absolute atomic E-state index is 0.159. The van der Waals surface area contributed by atoms with Crippen molar-refractivity contribution >= 4 is 11.6 Å². The summed E-state index contributed by atoms with van der Waals surface area (Å²) in [6.07, 6.45) is 0.582. The highest BCUT2D eigenvalue weighted by molar-refractivity contribution is 5.92.